The molecule has 2 heterocycles. The summed E-state index contributed by atoms with van der Waals surface area (Å²) in [5.41, 5.74) is 2.81. The number of hydrogen-bond donors (Lipinski definition) is 1. The maximum Gasteiger partial charge on any atom is 0.225 e. The van der Waals surface area contributed by atoms with Crippen LogP contribution in [0.4, 0.5) is 5.95 Å². The number of rotatable bonds is 6. The number of aliphatic imine (C=N–C) groups is 1. The molecular weight excluding hydrogens is 475 g/mol. The van der Waals surface area contributed by atoms with E-state index in [1.165, 1.54) is 11.1 Å². The van der Waals surface area contributed by atoms with Crippen LogP contribution in [-0.2, 0) is 6.42 Å². The zero-order valence-electron chi connectivity index (χ0n) is 17.7. The molecule has 0 spiro atoms. The van der Waals surface area contributed by atoms with Crippen molar-refractivity contribution in [3.63, 3.8) is 0 Å². The van der Waals surface area contributed by atoms with E-state index >= 15 is 0 Å². The first-order valence-electron chi connectivity index (χ1n) is 10.2. The Kier molecular flexibility index (Phi) is 9.63. The number of nitrogens with one attached hydrogen (secondary N) is 1. The molecule has 2 aromatic rings. The lowest BCUT2D eigenvalue weighted by molar-refractivity contribution is 0.370. The molecule has 0 atom stereocenters. The van der Waals surface area contributed by atoms with E-state index in [-0.39, 0.29) is 24.0 Å². The fourth-order valence-electron chi connectivity index (χ4n) is 3.47. The zero-order valence-corrected chi connectivity index (χ0v) is 20.0. The Morgan fingerprint density at radius 2 is 1.72 bits per heavy atom. The van der Waals surface area contributed by atoms with Crippen molar-refractivity contribution >= 4 is 35.9 Å². The van der Waals surface area contributed by atoms with Gasteiger partial charge in [-0.05, 0) is 36.0 Å². The summed E-state index contributed by atoms with van der Waals surface area (Å²) in [6.07, 6.45) is 5.77. The minimum atomic E-state index is 0. The van der Waals surface area contributed by atoms with Crippen LogP contribution in [0.25, 0.3) is 0 Å². The van der Waals surface area contributed by atoms with Crippen LogP contribution in [0.1, 0.15) is 37.3 Å². The van der Waals surface area contributed by atoms with Gasteiger partial charge in [0.15, 0.2) is 5.96 Å². The Hall–Kier alpha value is -1.90. The lowest BCUT2D eigenvalue weighted by Crippen LogP contribution is -2.53. The van der Waals surface area contributed by atoms with Gasteiger partial charge in [-0.3, -0.25) is 4.99 Å². The van der Waals surface area contributed by atoms with Crippen LogP contribution < -0.4 is 10.2 Å². The van der Waals surface area contributed by atoms with E-state index in [1.807, 2.05) is 13.1 Å². The predicted octanol–water partition coefficient (Wildman–Crippen LogP) is 3.55. The Bertz CT molecular complexity index is 740. The molecule has 158 valence electrons. The molecule has 1 N–H and O–H groups in total. The minimum absolute atomic E-state index is 0. The van der Waals surface area contributed by atoms with Crippen LogP contribution in [0, 0.1) is 0 Å². The van der Waals surface area contributed by atoms with E-state index < -0.39 is 0 Å². The number of nitrogens with zero attached hydrogens (tertiary/aromatic N) is 5. The molecule has 0 unspecified atom stereocenters. The van der Waals surface area contributed by atoms with Crippen molar-refractivity contribution < 1.29 is 0 Å². The highest BCUT2D eigenvalue weighted by molar-refractivity contribution is 14.0. The van der Waals surface area contributed by atoms with E-state index in [9.17, 15) is 0 Å². The monoisotopic (exact) mass is 508 g/mol. The molecule has 0 aliphatic carbocycles. The van der Waals surface area contributed by atoms with Crippen molar-refractivity contribution in [1.29, 1.82) is 0 Å². The summed E-state index contributed by atoms with van der Waals surface area (Å²) in [6, 6.07) is 10.9. The number of aryl methyl sites for hydroxylation is 1. The third-order valence-corrected chi connectivity index (χ3v) is 5.20. The Labute approximate surface area is 191 Å². The van der Waals surface area contributed by atoms with Crippen molar-refractivity contribution in [1.82, 2.24) is 20.2 Å². The maximum atomic E-state index is 4.47. The molecule has 1 aromatic carbocycles. The lowest BCUT2D eigenvalue weighted by Gasteiger charge is -2.36. The molecule has 1 aromatic heterocycles. The van der Waals surface area contributed by atoms with Crippen LogP contribution in [0.15, 0.2) is 47.7 Å². The zero-order chi connectivity index (χ0) is 19.8. The maximum absolute atomic E-state index is 4.47. The van der Waals surface area contributed by atoms with Gasteiger partial charge in [-0.1, -0.05) is 38.1 Å². The average molecular weight is 508 g/mol. The molecule has 1 fully saturated rings. The van der Waals surface area contributed by atoms with E-state index in [1.54, 1.807) is 12.4 Å². The summed E-state index contributed by atoms with van der Waals surface area (Å²) >= 11 is 0. The first kappa shape index (κ1) is 23.4. The molecule has 3 rings (SSSR count). The first-order valence-corrected chi connectivity index (χ1v) is 10.2. The van der Waals surface area contributed by atoms with Gasteiger partial charge in [0.2, 0.25) is 5.95 Å². The summed E-state index contributed by atoms with van der Waals surface area (Å²) in [6.45, 7) is 9.07. The van der Waals surface area contributed by atoms with Gasteiger partial charge >= 0.3 is 0 Å². The van der Waals surface area contributed by atoms with Gasteiger partial charge in [0.1, 0.15) is 0 Å². The number of benzene rings is 1. The molecule has 1 aliphatic rings. The summed E-state index contributed by atoms with van der Waals surface area (Å²) < 4.78 is 0. The number of guanidine groups is 1. The van der Waals surface area contributed by atoms with Crippen LogP contribution in [0.2, 0.25) is 0 Å². The second-order valence-corrected chi connectivity index (χ2v) is 7.50. The summed E-state index contributed by atoms with van der Waals surface area (Å²) in [7, 11) is 1.86. The molecular formula is C22H33IN6. The number of aromatic nitrogens is 2. The molecule has 1 saturated heterocycles. The third-order valence-electron chi connectivity index (χ3n) is 5.20. The predicted molar refractivity (Wildman–Crippen MR) is 131 cm³/mol. The smallest absolute Gasteiger partial charge is 0.225 e. The fraction of sp³-hybridized carbons (Fsp3) is 0.500. The number of hydrogen-bond acceptors (Lipinski definition) is 4. The normalized spacial score (nSPS) is 14.7. The third kappa shape index (κ3) is 6.83. The highest BCUT2D eigenvalue weighted by Crippen LogP contribution is 2.15. The number of anilines is 1. The van der Waals surface area contributed by atoms with Gasteiger partial charge in [0, 0.05) is 52.2 Å². The van der Waals surface area contributed by atoms with Crippen molar-refractivity contribution in [2.24, 2.45) is 4.99 Å². The second-order valence-electron chi connectivity index (χ2n) is 7.50. The highest BCUT2D eigenvalue weighted by Gasteiger charge is 2.20. The van der Waals surface area contributed by atoms with Crippen molar-refractivity contribution in [3.05, 3.63) is 53.9 Å². The highest BCUT2D eigenvalue weighted by atomic mass is 127. The van der Waals surface area contributed by atoms with Gasteiger partial charge in [-0.15, -0.1) is 24.0 Å². The van der Waals surface area contributed by atoms with Crippen molar-refractivity contribution in [2.75, 3.05) is 44.7 Å². The van der Waals surface area contributed by atoms with Crippen molar-refractivity contribution in [3.8, 4) is 0 Å². The largest absolute Gasteiger partial charge is 0.356 e. The molecule has 0 saturated carbocycles. The van der Waals surface area contributed by atoms with Gasteiger partial charge in [-0.2, -0.15) is 0 Å². The summed E-state index contributed by atoms with van der Waals surface area (Å²) in [4.78, 5) is 17.7. The minimum Gasteiger partial charge on any atom is -0.356 e. The van der Waals surface area contributed by atoms with Crippen LogP contribution >= 0.6 is 24.0 Å². The number of piperazine rings is 1. The van der Waals surface area contributed by atoms with Crippen LogP contribution in [0.3, 0.4) is 0 Å². The van der Waals surface area contributed by atoms with Gasteiger partial charge < -0.3 is 15.1 Å². The van der Waals surface area contributed by atoms with Crippen LogP contribution in [-0.4, -0.2) is 60.6 Å². The standard InChI is InChI=1S/C22H32N6.HI/c1-18(2)20-9-7-19(8-10-20)6-4-11-24-21(23-3)27-14-16-28(17-15-27)22-25-12-5-13-26-22;/h5,7-10,12-13,18H,4,6,11,14-17H2,1-3H3,(H,23,24);1H. The molecule has 6 nitrogen and oxygen atoms in total. The molecule has 0 bridgehead atoms. The van der Waals surface area contributed by atoms with E-state index in [4.69, 9.17) is 0 Å². The second kappa shape index (κ2) is 11.9. The van der Waals surface area contributed by atoms with Gasteiger partial charge in [0.25, 0.3) is 0 Å². The summed E-state index contributed by atoms with van der Waals surface area (Å²) in [5, 5.41) is 3.52. The Balaban J connectivity index is 0.00000300. The van der Waals surface area contributed by atoms with Crippen molar-refractivity contribution in [2.45, 2.75) is 32.6 Å². The molecule has 1 aliphatic heterocycles. The Morgan fingerprint density at radius 1 is 1.07 bits per heavy atom. The molecule has 0 radical (unpaired) electrons. The van der Waals surface area contributed by atoms with Crippen LogP contribution in [0.5, 0.6) is 0 Å². The van der Waals surface area contributed by atoms with E-state index in [0.29, 0.717) is 5.92 Å². The van der Waals surface area contributed by atoms with E-state index in [2.05, 4.69) is 68.2 Å². The van der Waals surface area contributed by atoms with E-state index in [0.717, 1.165) is 57.5 Å². The fourth-order valence-corrected chi connectivity index (χ4v) is 3.47. The lowest BCUT2D eigenvalue weighted by atomic mass is 10.0. The topological polar surface area (TPSA) is 56.7 Å². The molecule has 7 heteroatoms. The summed E-state index contributed by atoms with van der Waals surface area (Å²) in [5.74, 6) is 2.39. The van der Waals surface area contributed by atoms with Gasteiger partial charge in [-0.25, -0.2) is 9.97 Å². The van der Waals surface area contributed by atoms with Gasteiger partial charge in [0.05, 0.1) is 0 Å². The average Bonchev–Trinajstić information content (AvgIpc) is 2.75. The molecule has 29 heavy (non-hydrogen) atoms. The quantitative estimate of drug-likeness (QED) is 0.280. The first-order chi connectivity index (χ1) is 13.7. The number of halogens is 1. The SMILES string of the molecule is CN=C(NCCCc1ccc(C(C)C)cc1)N1CCN(c2ncccn2)CC1.I. The molecule has 0 amide bonds. The Morgan fingerprint density at radius 3 is 2.31 bits per heavy atom.